The number of anilines is 1. The highest BCUT2D eigenvalue weighted by Crippen LogP contribution is 2.21. The third-order valence-electron chi connectivity index (χ3n) is 4.04. The van der Waals surface area contributed by atoms with E-state index in [2.05, 4.69) is 10.3 Å². The molecule has 2 amide bonds. The Labute approximate surface area is 139 Å². The first-order chi connectivity index (χ1) is 11.1. The molecular formula is C17H19N3O2S. The molecule has 1 saturated heterocycles. The maximum Gasteiger partial charge on any atom is 0.253 e. The summed E-state index contributed by atoms with van der Waals surface area (Å²) >= 11 is 1.40. The van der Waals surface area contributed by atoms with Crippen LogP contribution in [-0.4, -0.2) is 34.8 Å². The van der Waals surface area contributed by atoms with E-state index in [0.717, 1.165) is 18.4 Å². The molecule has 1 aliphatic rings. The molecule has 1 atom stereocenters. The standard InChI is InChI=1S/C17H19N3O2S/c1-12-4-6-13(7-5-12)16(22)20-9-2-3-14(11-20)15(21)19-17-18-8-10-23-17/h4-8,10,14H,2-3,9,11H2,1H3,(H,18,19,21)/t14-/m0/s1. The van der Waals surface area contributed by atoms with Crippen molar-refractivity contribution in [1.82, 2.24) is 9.88 Å². The fourth-order valence-corrected chi connectivity index (χ4v) is 3.28. The van der Waals surface area contributed by atoms with Crippen LogP contribution in [0.5, 0.6) is 0 Å². The predicted molar refractivity (Wildman–Crippen MR) is 90.6 cm³/mol. The van der Waals surface area contributed by atoms with Crippen LogP contribution in [0.1, 0.15) is 28.8 Å². The largest absolute Gasteiger partial charge is 0.338 e. The molecule has 0 radical (unpaired) electrons. The van der Waals surface area contributed by atoms with Crippen molar-refractivity contribution in [2.45, 2.75) is 19.8 Å². The van der Waals surface area contributed by atoms with Gasteiger partial charge in [0.15, 0.2) is 5.13 Å². The number of hydrogen-bond donors (Lipinski definition) is 1. The third kappa shape index (κ3) is 3.76. The normalized spacial score (nSPS) is 17.8. The van der Waals surface area contributed by atoms with Crippen molar-refractivity contribution >= 4 is 28.3 Å². The van der Waals surface area contributed by atoms with Crippen LogP contribution < -0.4 is 5.32 Å². The number of benzene rings is 1. The number of aromatic nitrogens is 1. The van der Waals surface area contributed by atoms with Crippen LogP contribution in [0.15, 0.2) is 35.8 Å². The Bertz CT molecular complexity index is 682. The molecule has 0 saturated carbocycles. The Balaban J connectivity index is 1.64. The van der Waals surface area contributed by atoms with Gasteiger partial charge in [0, 0.05) is 30.2 Å². The second kappa shape index (κ2) is 6.91. The van der Waals surface area contributed by atoms with E-state index in [0.29, 0.717) is 23.8 Å². The molecule has 1 N–H and O–H groups in total. The fraction of sp³-hybridized carbons (Fsp3) is 0.353. The summed E-state index contributed by atoms with van der Waals surface area (Å²) < 4.78 is 0. The Kier molecular flexibility index (Phi) is 4.71. The van der Waals surface area contributed by atoms with Gasteiger partial charge in [0.05, 0.1) is 5.92 Å². The average Bonchev–Trinajstić information content (AvgIpc) is 3.08. The monoisotopic (exact) mass is 329 g/mol. The SMILES string of the molecule is Cc1ccc(C(=O)N2CCC[C@H](C(=O)Nc3nccs3)C2)cc1. The Morgan fingerprint density at radius 3 is 2.78 bits per heavy atom. The van der Waals surface area contributed by atoms with E-state index < -0.39 is 0 Å². The molecule has 2 heterocycles. The zero-order valence-electron chi connectivity index (χ0n) is 13.0. The van der Waals surface area contributed by atoms with Crippen LogP contribution in [0, 0.1) is 12.8 Å². The molecule has 5 nitrogen and oxygen atoms in total. The molecule has 23 heavy (non-hydrogen) atoms. The molecule has 120 valence electrons. The number of thiazole rings is 1. The van der Waals surface area contributed by atoms with Crippen molar-refractivity contribution in [2.75, 3.05) is 18.4 Å². The van der Waals surface area contributed by atoms with Gasteiger partial charge in [-0.2, -0.15) is 0 Å². The second-order valence-corrected chi connectivity index (χ2v) is 6.68. The van der Waals surface area contributed by atoms with Crippen molar-refractivity contribution in [3.05, 3.63) is 47.0 Å². The van der Waals surface area contributed by atoms with Gasteiger partial charge in [0.2, 0.25) is 5.91 Å². The first kappa shape index (κ1) is 15.7. The maximum absolute atomic E-state index is 12.6. The number of carbonyl (C=O) groups excluding carboxylic acids is 2. The minimum atomic E-state index is -0.179. The average molecular weight is 329 g/mol. The van der Waals surface area contributed by atoms with Gasteiger partial charge in [-0.05, 0) is 31.9 Å². The van der Waals surface area contributed by atoms with Crippen LogP contribution >= 0.6 is 11.3 Å². The van der Waals surface area contributed by atoms with Crippen LogP contribution in [0.3, 0.4) is 0 Å². The van der Waals surface area contributed by atoms with E-state index in [1.165, 1.54) is 11.3 Å². The van der Waals surface area contributed by atoms with Gasteiger partial charge >= 0.3 is 0 Å². The van der Waals surface area contributed by atoms with Crippen molar-refractivity contribution in [2.24, 2.45) is 5.92 Å². The number of rotatable bonds is 3. The number of nitrogens with zero attached hydrogens (tertiary/aromatic N) is 2. The highest BCUT2D eigenvalue weighted by atomic mass is 32.1. The van der Waals surface area contributed by atoms with Gasteiger partial charge < -0.3 is 10.2 Å². The summed E-state index contributed by atoms with van der Waals surface area (Å²) in [6.07, 6.45) is 3.30. The summed E-state index contributed by atoms with van der Waals surface area (Å²) in [5.41, 5.74) is 1.80. The smallest absolute Gasteiger partial charge is 0.253 e. The molecule has 2 aromatic rings. The van der Waals surface area contributed by atoms with Gasteiger partial charge in [-0.3, -0.25) is 9.59 Å². The van der Waals surface area contributed by atoms with Crippen molar-refractivity contribution in [3.8, 4) is 0 Å². The van der Waals surface area contributed by atoms with E-state index in [1.54, 1.807) is 11.1 Å². The molecule has 1 fully saturated rings. The molecule has 0 spiro atoms. The lowest BCUT2D eigenvalue weighted by Gasteiger charge is -2.32. The lowest BCUT2D eigenvalue weighted by atomic mass is 9.96. The van der Waals surface area contributed by atoms with Crippen LogP contribution in [0.2, 0.25) is 0 Å². The molecule has 0 aliphatic carbocycles. The zero-order chi connectivity index (χ0) is 16.2. The third-order valence-corrected chi connectivity index (χ3v) is 4.73. The fourth-order valence-electron chi connectivity index (χ4n) is 2.75. The number of piperidine rings is 1. The molecule has 1 aromatic heterocycles. The predicted octanol–water partition coefficient (Wildman–Crippen LogP) is 2.94. The topological polar surface area (TPSA) is 62.3 Å². The van der Waals surface area contributed by atoms with E-state index >= 15 is 0 Å². The molecule has 1 aliphatic heterocycles. The zero-order valence-corrected chi connectivity index (χ0v) is 13.8. The Hall–Kier alpha value is -2.21. The number of amides is 2. The van der Waals surface area contributed by atoms with Crippen LogP contribution in [-0.2, 0) is 4.79 Å². The van der Waals surface area contributed by atoms with Gasteiger partial charge in [-0.25, -0.2) is 4.98 Å². The summed E-state index contributed by atoms with van der Waals surface area (Å²) in [7, 11) is 0. The minimum absolute atomic E-state index is 0.00301. The molecular weight excluding hydrogens is 310 g/mol. The van der Waals surface area contributed by atoms with E-state index in [9.17, 15) is 9.59 Å². The van der Waals surface area contributed by atoms with Gasteiger partial charge in [-0.15, -0.1) is 11.3 Å². The number of aryl methyl sites for hydroxylation is 1. The van der Waals surface area contributed by atoms with E-state index in [4.69, 9.17) is 0 Å². The Morgan fingerprint density at radius 2 is 2.09 bits per heavy atom. The summed E-state index contributed by atoms with van der Waals surface area (Å²) in [4.78, 5) is 30.8. The summed E-state index contributed by atoms with van der Waals surface area (Å²) in [6.45, 7) is 3.16. The van der Waals surface area contributed by atoms with E-state index in [1.807, 2.05) is 36.6 Å². The van der Waals surface area contributed by atoms with Crippen molar-refractivity contribution in [1.29, 1.82) is 0 Å². The summed E-state index contributed by atoms with van der Waals surface area (Å²) in [5, 5.41) is 5.26. The number of nitrogens with one attached hydrogen (secondary N) is 1. The molecule has 1 aromatic carbocycles. The van der Waals surface area contributed by atoms with Crippen molar-refractivity contribution < 1.29 is 9.59 Å². The number of likely N-dealkylation sites (tertiary alicyclic amines) is 1. The van der Waals surface area contributed by atoms with Crippen molar-refractivity contribution in [3.63, 3.8) is 0 Å². The molecule has 0 bridgehead atoms. The lowest BCUT2D eigenvalue weighted by molar-refractivity contribution is -0.121. The van der Waals surface area contributed by atoms with Gasteiger partial charge in [0.1, 0.15) is 0 Å². The molecule has 3 rings (SSSR count). The number of carbonyl (C=O) groups is 2. The summed E-state index contributed by atoms with van der Waals surface area (Å²) in [5.74, 6) is -0.236. The van der Waals surface area contributed by atoms with Gasteiger partial charge in [-0.1, -0.05) is 17.7 Å². The minimum Gasteiger partial charge on any atom is -0.338 e. The molecule has 0 unspecified atom stereocenters. The molecule has 6 heteroatoms. The first-order valence-corrected chi connectivity index (χ1v) is 8.58. The van der Waals surface area contributed by atoms with E-state index in [-0.39, 0.29) is 17.7 Å². The van der Waals surface area contributed by atoms with Crippen LogP contribution in [0.25, 0.3) is 0 Å². The van der Waals surface area contributed by atoms with Gasteiger partial charge in [0.25, 0.3) is 5.91 Å². The first-order valence-electron chi connectivity index (χ1n) is 7.70. The second-order valence-electron chi connectivity index (χ2n) is 5.78. The highest BCUT2D eigenvalue weighted by Gasteiger charge is 2.29. The maximum atomic E-state index is 12.6. The lowest BCUT2D eigenvalue weighted by Crippen LogP contribution is -2.43. The summed E-state index contributed by atoms with van der Waals surface area (Å²) in [6, 6.07) is 7.56. The highest BCUT2D eigenvalue weighted by molar-refractivity contribution is 7.13. The van der Waals surface area contributed by atoms with Crippen LogP contribution in [0.4, 0.5) is 5.13 Å². The number of hydrogen-bond acceptors (Lipinski definition) is 4. The Morgan fingerprint density at radius 1 is 1.30 bits per heavy atom. The quantitative estimate of drug-likeness (QED) is 0.942.